The zero-order valence-corrected chi connectivity index (χ0v) is 10.2. The lowest BCUT2D eigenvalue weighted by Crippen LogP contribution is -2.21. The van der Waals surface area contributed by atoms with Gasteiger partial charge in [-0.1, -0.05) is 31.7 Å². The molecule has 1 aliphatic carbocycles. The van der Waals surface area contributed by atoms with Crippen LogP contribution in [0, 0.1) is 12.8 Å². The standard InChI is InChI=1S/C14H22N2/c1-11-8-13(10-16-9-11)14(15)12-6-4-2-3-5-7-12/h8-10,12,14H,2-7,15H2,1H3. The minimum Gasteiger partial charge on any atom is -0.324 e. The summed E-state index contributed by atoms with van der Waals surface area (Å²) in [5.41, 5.74) is 8.79. The molecule has 0 spiro atoms. The van der Waals surface area contributed by atoms with Crippen LogP contribution in [-0.2, 0) is 0 Å². The molecule has 0 bridgehead atoms. The molecule has 1 saturated carbocycles. The summed E-state index contributed by atoms with van der Waals surface area (Å²) < 4.78 is 0. The Morgan fingerprint density at radius 3 is 2.50 bits per heavy atom. The van der Waals surface area contributed by atoms with Crippen LogP contribution >= 0.6 is 0 Å². The maximum Gasteiger partial charge on any atom is 0.0338 e. The van der Waals surface area contributed by atoms with Crippen molar-refractivity contribution in [2.24, 2.45) is 11.7 Å². The highest BCUT2D eigenvalue weighted by Gasteiger charge is 2.20. The topological polar surface area (TPSA) is 38.9 Å². The quantitative estimate of drug-likeness (QED) is 0.773. The van der Waals surface area contributed by atoms with E-state index >= 15 is 0 Å². The zero-order chi connectivity index (χ0) is 11.4. The molecule has 88 valence electrons. The molecule has 2 rings (SSSR count). The lowest BCUT2D eigenvalue weighted by Gasteiger charge is -2.22. The summed E-state index contributed by atoms with van der Waals surface area (Å²) in [6, 6.07) is 2.37. The molecular formula is C14H22N2. The summed E-state index contributed by atoms with van der Waals surface area (Å²) in [5.74, 6) is 0.658. The molecule has 1 unspecified atom stereocenters. The molecule has 1 aromatic rings. The first-order valence-corrected chi connectivity index (χ1v) is 6.44. The lowest BCUT2D eigenvalue weighted by molar-refractivity contribution is 0.382. The summed E-state index contributed by atoms with van der Waals surface area (Å²) >= 11 is 0. The molecule has 1 aliphatic rings. The van der Waals surface area contributed by atoms with Crippen molar-refractivity contribution in [3.05, 3.63) is 29.6 Å². The van der Waals surface area contributed by atoms with Crippen LogP contribution in [0.2, 0.25) is 0 Å². The fourth-order valence-electron chi connectivity index (χ4n) is 2.70. The first-order valence-electron chi connectivity index (χ1n) is 6.44. The zero-order valence-electron chi connectivity index (χ0n) is 10.2. The van der Waals surface area contributed by atoms with Crippen molar-refractivity contribution in [2.45, 2.75) is 51.5 Å². The van der Waals surface area contributed by atoms with Gasteiger partial charge in [-0.25, -0.2) is 0 Å². The minimum atomic E-state index is 0.186. The van der Waals surface area contributed by atoms with Crippen LogP contribution in [0.1, 0.15) is 55.7 Å². The van der Waals surface area contributed by atoms with Gasteiger partial charge >= 0.3 is 0 Å². The van der Waals surface area contributed by atoms with Crippen LogP contribution in [0.25, 0.3) is 0 Å². The Hall–Kier alpha value is -0.890. The highest BCUT2D eigenvalue weighted by molar-refractivity contribution is 5.20. The molecule has 1 atom stereocenters. The number of hydrogen-bond donors (Lipinski definition) is 1. The van der Waals surface area contributed by atoms with Gasteiger partial charge in [0.15, 0.2) is 0 Å². The predicted molar refractivity (Wildman–Crippen MR) is 67.1 cm³/mol. The van der Waals surface area contributed by atoms with E-state index < -0.39 is 0 Å². The Kier molecular flexibility index (Phi) is 3.94. The monoisotopic (exact) mass is 218 g/mol. The van der Waals surface area contributed by atoms with Gasteiger partial charge in [-0.3, -0.25) is 4.98 Å². The summed E-state index contributed by atoms with van der Waals surface area (Å²) in [6.07, 6.45) is 11.9. The minimum absolute atomic E-state index is 0.186. The van der Waals surface area contributed by atoms with Crippen LogP contribution in [0.4, 0.5) is 0 Å². The molecule has 0 saturated heterocycles. The van der Waals surface area contributed by atoms with E-state index in [1.807, 2.05) is 12.4 Å². The van der Waals surface area contributed by atoms with Crippen molar-refractivity contribution >= 4 is 0 Å². The number of hydrogen-bond acceptors (Lipinski definition) is 2. The Labute approximate surface area is 98.3 Å². The highest BCUT2D eigenvalue weighted by Crippen LogP contribution is 2.31. The third-order valence-electron chi connectivity index (χ3n) is 3.69. The molecule has 16 heavy (non-hydrogen) atoms. The Morgan fingerprint density at radius 2 is 1.88 bits per heavy atom. The molecule has 2 N–H and O–H groups in total. The van der Waals surface area contributed by atoms with Crippen LogP contribution in [0.5, 0.6) is 0 Å². The number of aromatic nitrogens is 1. The number of aryl methyl sites for hydroxylation is 1. The van der Waals surface area contributed by atoms with Gasteiger partial charge in [0, 0.05) is 18.4 Å². The second kappa shape index (κ2) is 5.44. The van der Waals surface area contributed by atoms with E-state index in [0.29, 0.717) is 5.92 Å². The first-order chi connectivity index (χ1) is 7.77. The molecule has 0 aliphatic heterocycles. The number of rotatable bonds is 2. The Morgan fingerprint density at radius 1 is 1.19 bits per heavy atom. The molecule has 2 nitrogen and oxygen atoms in total. The van der Waals surface area contributed by atoms with Crippen LogP contribution in [-0.4, -0.2) is 4.98 Å². The SMILES string of the molecule is Cc1cncc(C(N)C2CCCCCC2)c1. The van der Waals surface area contributed by atoms with Crippen LogP contribution < -0.4 is 5.73 Å². The first kappa shape index (κ1) is 11.6. The van der Waals surface area contributed by atoms with E-state index in [9.17, 15) is 0 Å². The van der Waals surface area contributed by atoms with Crippen molar-refractivity contribution in [3.8, 4) is 0 Å². The van der Waals surface area contributed by atoms with E-state index in [2.05, 4.69) is 18.0 Å². The average Bonchev–Trinajstić information content (AvgIpc) is 2.56. The van der Waals surface area contributed by atoms with Gasteiger partial charge in [0.25, 0.3) is 0 Å². The Bertz CT molecular complexity index is 327. The van der Waals surface area contributed by atoms with Gasteiger partial charge in [0.2, 0.25) is 0 Å². The normalized spacial score (nSPS) is 20.4. The summed E-state index contributed by atoms with van der Waals surface area (Å²) in [5, 5.41) is 0. The molecular weight excluding hydrogens is 196 g/mol. The third kappa shape index (κ3) is 2.82. The van der Waals surface area contributed by atoms with Crippen molar-refractivity contribution in [2.75, 3.05) is 0 Å². The van der Waals surface area contributed by atoms with Gasteiger partial charge in [-0.2, -0.15) is 0 Å². The van der Waals surface area contributed by atoms with Gasteiger partial charge in [-0.05, 0) is 36.8 Å². The van der Waals surface area contributed by atoms with Crippen molar-refractivity contribution in [1.82, 2.24) is 4.98 Å². The van der Waals surface area contributed by atoms with E-state index in [-0.39, 0.29) is 6.04 Å². The van der Waals surface area contributed by atoms with Crippen LogP contribution in [0.3, 0.4) is 0 Å². The summed E-state index contributed by atoms with van der Waals surface area (Å²) in [6.45, 7) is 2.08. The molecule has 0 radical (unpaired) electrons. The van der Waals surface area contributed by atoms with Crippen molar-refractivity contribution in [1.29, 1.82) is 0 Å². The summed E-state index contributed by atoms with van der Waals surface area (Å²) in [4.78, 5) is 4.24. The van der Waals surface area contributed by atoms with Crippen molar-refractivity contribution in [3.63, 3.8) is 0 Å². The summed E-state index contributed by atoms with van der Waals surface area (Å²) in [7, 11) is 0. The maximum absolute atomic E-state index is 6.37. The Balaban J connectivity index is 2.07. The smallest absolute Gasteiger partial charge is 0.0338 e. The van der Waals surface area contributed by atoms with E-state index in [1.54, 1.807) is 0 Å². The molecule has 2 heteroatoms. The third-order valence-corrected chi connectivity index (χ3v) is 3.69. The van der Waals surface area contributed by atoms with E-state index in [4.69, 9.17) is 5.73 Å². The van der Waals surface area contributed by atoms with Gasteiger partial charge in [0.1, 0.15) is 0 Å². The van der Waals surface area contributed by atoms with Crippen LogP contribution in [0.15, 0.2) is 18.5 Å². The van der Waals surface area contributed by atoms with Crippen molar-refractivity contribution < 1.29 is 0 Å². The molecule has 0 amide bonds. The molecule has 1 aromatic heterocycles. The molecule has 1 fully saturated rings. The number of nitrogens with zero attached hydrogens (tertiary/aromatic N) is 1. The fraction of sp³-hybridized carbons (Fsp3) is 0.643. The number of nitrogens with two attached hydrogens (primary N) is 1. The predicted octanol–water partition coefficient (Wildman–Crippen LogP) is 3.36. The second-order valence-electron chi connectivity index (χ2n) is 5.07. The fourth-order valence-corrected chi connectivity index (χ4v) is 2.70. The van der Waals surface area contributed by atoms with Gasteiger partial charge in [-0.15, -0.1) is 0 Å². The second-order valence-corrected chi connectivity index (χ2v) is 5.07. The average molecular weight is 218 g/mol. The molecule has 0 aromatic carbocycles. The van der Waals surface area contributed by atoms with Gasteiger partial charge in [0.05, 0.1) is 0 Å². The van der Waals surface area contributed by atoms with E-state index in [1.165, 1.54) is 49.7 Å². The largest absolute Gasteiger partial charge is 0.324 e. The van der Waals surface area contributed by atoms with E-state index in [0.717, 1.165) is 0 Å². The molecule has 1 heterocycles. The highest BCUT2D eigenvalue weighted by atomic mass is 14.7. The lowest BCUT2D eigenvalue weighted by atomic mass is 9.88. The van der Waals surface area contributed by atoms with Gasteiger partial charge < -0.3 is 5.73 Å². The maximum atomic E-state index is 6.37. The number of pyridine rings is 1.